The Bertz CT molecular complexity index is 746. The van der Waals surface area contributed by atoms with E-state index in [4.69, 9.17) is 0 Å². The summed E-state index contributed by atoms with van der Waals surface area (Å²) in [6.07, 6.45) is 0. The largest absolute Gasteiger partial charge is 0.480 e. The van der Waals surface area contributed by atoms with Gasteiger partial charge in [-0.2, -0.15) is 0 Å². The fourth-order valence-electron chi connectivity index (χ4n) is 2.18. The molecule has 0 aliphatic rings. The number of non-ortho nitro benzene ring substituents is 2. The number of nitro benzene ring substituents is 2. The fourth-order valence-corrected chi connectivity index (χ4v) is 2.18. The molecule has 0 aliphatic carbocycles. The number of hydrogen-bond donors (Lipinski definition) is 2. The van der Waals surface area contributed by atoms with Crippen molar-refractivity contribution in [2.24, 2.45) is 0 Å². The molecule has 0 spiro atoms. The van der Waals surface area contributed by atoms with Gasteiger partial charge in [0.25, 0.3) is 11.4 Å². The van der Waals surface area contributed by atoms with E-state index >= 15 is 0 Å². The van der Waals surface area contributed by atoms with E-state index < -0.39 is 33.2 Å². The maximum Gasteiger partial charge on any atom is 0.325 e. The van der Waals surface area contributed by atoms with Crippen LogP contribution in [-0.2, 0) is 11.3 Å². The number of benzene rings is 2. The minimum Gasteiger partial charge on any atom is -0.480 e. The molecule has 24 heavy (non-hydrogen) atoms. The van der Waals surface area contributed by atoms with E-state index in [-0.39, 0.29) is 12.1 Å². The van der Waals surface area contributed by atoms with Crippen LogP contribution in [0.4, 0.5) is 11.4 Å². The predicted octanol–water partition coefficient (Wildman–Crippen LogP) is 2.42. The summed E-state index contributed by atoms with van der Waals surface area (Å²) in [6.45, 7) is -0.0750. The Labute approximate surface area is 135 Å². The molecule has 0 aromatic heterocycles. The SMILES string of the molecule is O=C(O)[C@H](NCc1cc([N+](=O)[O-])cc([N+](=O)[O-])c1)c1ccccc1. The first-order chi connectivity index (χ1) is 11.4. The summed E-state index contributed by atoms with van der Waals surface area (Å²) in [7, 11) is 0. The van der Waals surface area contributed by atoms with Gasteiger partial charge < -0.3 is 5.11 Å². The number of hydrogen-bond acceptors (Lipinski definition) is 6. The van der Waals surface area contributed by atoms with E-state index in [9.17, 15) is 30.1 Å². The summed E-state index contributed by atoms with van der Waals surface area (Å²) in [5, 5.41) is 33.8. The van der Waals surface area contributed by atoms with Crippen molar-refractivity contribution in [3.63, 3.8) is 0 Å². The third-order valence-electron chi connectivity index (χ3n) is 3.27. The van der Waals surface area contributed by atoms with Crippen LogP contribution in [0.15, 0.2) is 48.5 Å². The first-order valence-electron chi connectivity index (χ1n) is 6.82. The summed E-state index contributed by atoms with van der Waals surface area (Å²) >= 11 is 0. The second-order valence-corrected chi connectivity index (χ2v) is 4.93. The molecule has 2 aromatic carbocycles. The highest BCUT2D eigenvalue weighted by Crippen LogP contribution is 2.23. The van der Waals surface area contributed by atoms with Crippen molar-refractivity contribution in [1.29, 1.82) is 0 Å². The number of nitrogens with zero attached hydrogens (tertiary/aromatic N) is 2. The van der Waals surface area contributed by atoms with E-state index in [1.807, 2.05) is 0 Å². The van der Waals surface area contributed by atoms with Crippen molar-refractivity contribution < 1.29 is 19.7 Å². The average Bonchev–Trinajstić information content (AvgIpc) is 2.55. The van der Waals surface area contributed by atoms with Crippen LogP contribution in [0, 0.1) is 20.2 Å². The van der Waals surface area contributed by atoms with Crippen LogP contribution in [0.1, 0.15) is 17.2 Å². The second kappa shape index (κ2) is 7.29. The molecule has 2 aromatic rings. The highest BCUT2D eigenvalue weighted by molar-refractivity contribution is 5.75. The highest BCUT2D eigenvalue weighted by Gasteiger charge is 2.21. The third kappa shape index (κ3) is 4.11. The quantitative estimate of drug-likeness (QED) is 0.587. The number of aliphatic carboxylic acids is 1. The fraction of sp³-hybridized carbons (Fsp3) is 0.133. The number of nitrogens with one attached hydrogen (secondary N) is 1. The monoisotopic (exact) mass is 331 g/mol. The van der Waals surface area contributed by atoms with Crippen molar-refractivity contribution in [3.05, 3.63) is 79.9 Å². The van der Waals surface area contributed by atoms with Crippen molar-refractivity contribution in [2.75, 3.05) is 0 Å². The van der Waals surface area contributed by atoms with Gasteiger partial charge in [-0.1, -0.05) is 30.3 Å². The van der Waals surface area contributed by atoms with Crippen LogP contribution in [0.3, 0.4) is 0 Å². The predicted molar refractivity (Wildman–Crippen MR) is 83.4 cm³/mol. The maximum atomic E-state index is 11.4. The zero-order chi connectivity index (χ0) is 17.7. The highest BCUT2D eigenvalue weighted by atomic mass is 16.6. The molecule has 1 atom stereocenters. The summed E-state index contributed by atoms with van der Waals surface area (Å²) < 4.78 is 0. The molecular weight excluding hydrogens is 318 g/mol. The zero-order valence-electron chi connectivity index (χ0n) is 12.3. The maximum absolute atomic E-state index is 11.4. The summed E-state index contributed by atoms with van der Waals surface area (Å²) in [6, 6.07) is 10.5. The summed E-state index contributed by atoms with van der Waals surface area (Å²) in [5.74, 6) is -1.12. The smallest absolute Gasteiger partial charge is 0.325 e. The molecule has 0 heterocycles. The summed E-state index contributed by atoms with van der Waals surface area (Å²) in [5.41, 5.74) is -0.0943. The van der Waals surface area contributed by atoms with Gasteiger partial charge in [0, 0.05) is 18.7 Å². The normalized spacial score (nSPS) is 11.7. The Hall–Kier alpha value is -3.33. The Morgan fingerprint density at radius 2 is 1.58 bits per heavy atom. The number of carbonyl (C=O) groups is 1. The molecule has 2 rings (SSSR count). The minimum absolute atomic E-state index is 0.0750. The van der Waals surface area contributed by atoms with E-state index in [0.717, 1.165) is 6.07 Å². The van der Waals surface area contributed by atoms with Crippen LogP contribution in [0.5, 0.6) is 0 Å². The van der Waals surface area contributed by atoms with Gasteiger partial charge in [0.1, 0.15) is 6.04 Å². The molecule has 0 unspecified atom stereocenters. The molecule has 0 amide bonds. The van der Waals surface area contributed by atoms with Crippen LogP contribution < -0.4 is 5.32 Å². The second-order valence-electron chi connectivity index (χ2n) is 4.93. The molecule has 0 bridgehead atoms. The Morgan fingerprint density at radius 1 is 1.04 bits per heavy atom. The molecule has 0 saturated carbocycles. The van der Waals surface area contributed by atoms with Crippen LogP contribution >= 0.6 is 0 Å². The van der Waals surface area contributed by atoms with Gasteiger partial charge in [0.15, 0.2) is 0 Å². The van der Waals surface area contributed by atoms with Gasteiger partial charge in [0.2, 0.25) is 0 Å². The Balaban J connectivity index is 2.25. The Morgan fingerprint density at radius 3 is 2.04 bits per heavy atom. The number of carboxylic acid groups (broad SMARTS) is 1. The lowest BCUT2D eigenvalue weighted by Crippen LogP contribution is -2.28. The van der Waals surface area contributed by atoms with Gasteiger partial charge in [-0.3, -0.25) is 30.3 Å². The lowest BCUT2D eigenvalue weighted by Gasteiger charge is -2.14. The number of carboxylic acids is 1. The molecule has 0 aliphatic heterocycles. The number of nitro groups is 2. The molecule has 0 saturated heterocycles. The third-order valence-corrected chi connectivity index (χ3v) is 3.27. The molecule has 124 valence electrons. The minimum atomic E-state index is -1.12. The molecule has 9 heteroatoms. The number of rotatable bonds is 7. The van der Waals surface area contributed by atoms with E-state index in [0.29, 0.717) is 5.56 Å². The molecular formula is C15H13N3O6. The van der Waals surface area contributed by atoms with Gasteiger partial charge in [-0.15, -0.1) is 0 Å². The van der Waals surface area contributed by atoms with Gasteiger partial charge in [0.05, 0.1) is 15.9 Å². The molecule has 9 nitrogen and oxygen atoms in total. The topological polar surface area (TPSA) is 136 Å². The van der Waals surface area contributed by atoms with E-state index in [1.54, 1.807) is 30.3 Å². The average molecular weight is 331 g/mol. The molecule has 0 radical (unpaired) electrons. The van der Waals surface area contributed by atoms with Gasteiger partial charge >= 0.3 is 5.97 Å². The van der Waals surface area contributed by atoms with Crippen molar-refractivity contribution in [2.45, 2.75) is 12.6 Å². The van der Waals surface area contributed by atoms with Gasteiger partial charge in [-0.05, 0) is 11.1 Å². The first-order valence-corrected chi connectivity index (χ1v) is 6.82. The van der Waals surface area contributed by atoms with E-state index in [1.165, 1.54) is 12.1 Å². The van der Waals surface area contributed by atoms with Crippen LogP contribution in [0.25, 0.3) is 0 Å². The first kappa shape index (κ1) is 17.0. The van der Waals surface area contributed by atoms with Crippen LogP contribution in [-0.4, -0.2) is 20.9 Å². The van der Waals surface area contributed by atoms with E-state index in [2.05, 4.69) is 5.32 Å². The van der Waals surface area contributed by atoms with Crippen LogP contribution in [0.2, 0.25) is 0 Å². The van der Waals surface area contributed by atoms with Gasteiger partial charge in [-0.25, -0.2) is 0 Å². The lowest BCUT2D eigenvalue weighted by molar-refractivity contribution is -0.394. The molecule has 0 fully saturated rings. The van der Waals surface area contributed by atoms with Crippen molar-refractivity contribution in [1.82, 2.24) is 5.32 Å². The Kier molecular flexibility index (Phi) is 5.17. The summed E-state index contributed by atoms with van der Waals surface area (Å²) in [4.78, 5) is 31.7. The zero-order valence-corrected chi connectivity index (χ0v) is 12.3. The van der Waals surface area contributed by atoms with Crippen molar-refractivity contribution >= 4 is 17.3 Å². The standard InChI is InChI=1S/C15H13N3O6/c19-15(20)14(11-4-2-1-3-5-11)16-9-10-6-12(17(21)22)8-13(7-10)18(23)24/h1-8,14,16H,9H2,(H,19,20)/t14-/m1/s1. The lowest BCUT2D eigenvalue weighted by atomic mass is 10.1. The van der Waals surface area contributed by atoms with Crippen molar-refractivity contribution in [3.8, 4) is 0 Å². The molecule has 2 N–H and O–H groups in total.